The van der Waals surface area contributed by atoms with Crippen molar-refractivity contribution in [3.63, 3.8) is 0 Å². The maximum Gasteiger partial charge on any atom is 0.00889 e. The topological polar surface area (TPSA) is 3.24 Å². The van der Waals surface area contributed by atoms with Gasteiger partial charge in [0.1, 0.15) is 0 Å². The van der Waals surface area contributed by atoms with Gasteiger partial charge in [-0.05, 0) is 32.9 Å². The monoisotopic (exact) mass is 143 g/mol. The van der Waals surface area contributed by atoms with Crippen LogP contribution in [0.3, 0.4) is 0 Å². The molecular formula is C9H21N. The Kier molecular flexibility index (Phi) is 4.71. The molecule has 1 atom stereocenters. The minimum Gasteiger partial charge on any atom is -0.306 e. The second-order valence-corrected chi connectivity index (χ2v) is 3.66. The zero-order valence-corrected chi connectivity index (χ0v) is 8.02. The highest BCUT2D eigenvalue weighted by atomic mass is 15.1. The van der Waals surface area contributed by atoms with Crippen molar-refractivity contribution in [2.24, 2.45) is 5.92 Å². The lowest BCUT2D eigenvalue weighted by Gasteiger charge is -2.24. The van der Waals surface area contributed by atoms with Gasteiger partial charge in [0.05, 0.1) is 0 Å². The SMILES string of the molecule is CCC(CC(C)C)N(C)C. The molecule has 0 fully saturated rings. The van der Waals surface area contributed by atoms with E-state index in [0.717, 1.165) is 12.0 Å². The first-order valence-electron chi connectivity index (χ1n) is 4.24. The predicted octanol–water partition coefficient (Wildman–Crippen LogP) is 2.37. The summed E-state index contributed by atoms with van der Waals surface area (Å²) in [5.41, 5.74) is 0. The van der Waals surface area contributed by atoms with E-state index in [0.29, 0.717) is 0 Å². The standard InChI is InChI=1S/C9H21N/c1-6-9(10(4)5)7-8(2)3/h8-9H,6-7H2,1-5H3. The molecule has 0 aromatic heterocycles. The van der Waals surface area contributed by atoms with Crippen molar-refractivity contribution in [3.8, 4) is 0 Å². The Labute approximate surface area is 65.4 Å². The fraction of sp³-hybridized carbons (Fsp3) is 1.00. The van der Waals surface area contributed by atoms with Crippen LogP contribution >= 0.6 is 0 Å². The first kappa shape index (κ1) is 9.96. The van der Waals surface area contributed by atoms with Crippen LogP contribution in [0.1, 0.15) is 33.6 Å². The van der Waals surface area contributed by atoms with Crippen molar-refractivity contribution in [2.75, 3.05) is 14.1 Å². The van der Waals surface area contributed by atoms with E-state index < -0.39 is 0 Å². The maximum atomic E-state index is 2.32. The van der Waals surface area contributed by atoms with Crippen molar-refractivity contribution in [3.05, 3.63) is 0 Å². The van der Waals surface area contributed by atoms with Gasteiger partial charge in [-0.15, -0.1) is 0 Å². The van der Waals surface area contributed by atoms with E-state index in [4.69, 9.17) is 0 Å². The van der Waals surface area contributed by atoms with E-state index in [2.05, 4.69) is 39.8 Å². The van der Waals surface area contributed by atoms with Crippen molar-refractivity contribution >= 4 is 0 Å². The molecule has 0 saturated heterocycles. The van der Waals surface area contributed by atoms with Gasteiger partial charge in [-0.2, -0.15) is 0 Å². The second-order valence-electron chi connectivity index (χ2n) is 3.66. The van der Waals surface area contributed by atoms with Crippen LogP contribution in [0, 0.1) is 5.92 Å². The molecule has 0 heterocycles. The molecule has 1 unspecified atom stereocenters. The van der Waals surface area contributed by atoms with Gasteiger partial charge in [0.25, 0.3) is 0 Å². The number of nitrogens with zero attached hydrogens (tertiary/aromatic N) is 1. The number of hydrogen-bond acceptors (Lipinski definition) is 1. The van der Waals surface area contributed by atoms with Crippen LogP contribution in [-0.4, -0.2) is 25.0 Å². The van der Waals surface area contributed by atoms with Gasteiger partial charge in [-0.3, -0.25) is 0 Å². The van der Waals surface area contributed by atoms with Crippen LogP contribution < -0.4 is 0 Å². The molecule has 1 heteroatoms. The van der Waals surface area contributed by atoms with Gasteiger partial charge in [-0.25, -0.2) is 0 Å². The van der Waals surface area contributed by atoms with Gasteiger partial charge in [0.2, 0.25) is 0 Å². The Morgan fingerprint density at radius 2 is 1.70 bits per heavy atom. The van der Waals surface area contributed by atoms with Crippen molar-refractivity contribution < 1.29 is 0 Å². The summed E-state index contributed by atoms with van der Waals surface area (Å²) in [5, 5.41) is 0. The highest BCUT2D eigenvalue weighted by Gasteiger charge is 2.09. The predicted molar refractivity (Wildman–Crippen MR) is 47.2 cm³/mol. The molecular weight excluding hydrogens is 122 g/mol. The maximum absolute atomic E-state index is 2.32. The first-order chi connectivity index (χ1) is 4.57. The van der Waals surface area contributed by atoms with Gasteiger partial charge in [0, 0.05) is 6.04 Å². The molecule has 0 saturated carbocycles. The largest absolute Gasteiger partial charge is 0.306 e. The smallest absolute Gasteiger partial charge is 0.00889 e. The van der Waals surface area contributed by atoms with E-state index >= 15 is 0 Å². The van der Waals surface area contributed by atoms with E-state index in [1.807, 2.05) is 0 Å². The highest BCUT2D eigenvalue weighted by molar-refractivity contribution is 4.65. The van der Waals surface area contributed by atoms with E-state index in [1.165, 1.54) is 12.8 Å². The quantitative estimate of drug-likeness (QED) is 0.584. The lowest BCUT2D eigenvalue weighted by atomic mass is 10.0. The molecule has 0 aliphatic carbocycles. The molecule has 1 nitrogen and oxygen atoms in total. The summed E-state index contributed by atoms with van der Waals surface area (Å²) in [7, 11) is 4.33. The van der Waals surface area contributed by atoms with Gasteiger partial charge < -0.3 is 4.90 Å². The van der Waals surface area contributed by atoms with Crippen LogP contribution in [0.5, 0.6) is 0 Å². The van der Waals surface area contributed by atoms with Crippen LogP contribution in [0.25, 0.3) is 0 Å². The Hall–Kier alpha value is -0.0400. The number of rotatable bonds is 4. The fourth-order valence-electron chi connectivity index (χ4n) is 1.29. The normalized spacial score (nSPS) is 14.7. The summed E-state index contributed by atoms with van der Waals surface area (Å²) in [6.07, 6.45) is 2.59. The summed E-state index contributed by atoms with van der Waals surface area (Å²) in [4.78, 5) is 2.32. The molecule has 0 bridgehead atoms. The van der Waals surface area contributed by atoms with Crippen molar-refractivity contribution in [1.82, 2.24) is 4.90 Å². The van der Waals surface area contributed by atoms with Crippen molar-refractivity contribution in [1.29, 1.82) is 0 Å². The molecule has 0 aromatic carbocycles. The van der Waals surface area contributed by atoms with E-state index in [9.17, 15) is 0 Å². The minimum absolute atomic E-state index is 0.778. The second kappa shape index (κ2) is 4.73. The zero-order chi connectivity index (χ0) is 8.15. The highest BCUT2D eigenvalue weighted by Crippen LogP contribution is 2.11. The lowest BCUT2D eigenvalue weighted by Crippen LogP contribution is -2.28. The summed E-state index contributed by atoms with van der Waals surface area (Å²) < 4.78 is 0. The van der Waals surface area contributed by atoms with E-state index in [1.54, 1.807) is 0 Å². The third-order valence-electron chi connectivity index (χ3n) is 1.95. The third kappa shape index (κ3) is 3.89. The Balaban J connectivity index is 3.60. The molecule has 10 heavy (non-hydrogen) atoms. The molecule has 0 radical (unpaired) electrons. The molecule has 0 N–H and O–H groups in total. The molecule has 0 aromatic rings. The molecule has 0 rings (SSSR count). The van der Waals surface area contributed by atoms with Crippen LogP contribution in [0.4, 0.5) is 0 Å². The Morgan fingerprint density at radius 3 is 1.80 bits per heavy atom. The minimum atomic E-state index is 0.778. The Bertz CT molecular complexity index is 76.8. The van der Waals surface area contributed by atoms with E-state index in [-0.39, 0.29) is 0 Å². The lowest BCUT2D eigenvalue weighted by molar-refractivity contribution is 0.248. The van der Waals surface area contributed by atoms with Crippen LogP contribution in [0.15, 0.2) is 0 Å². The third-order valence-corrected chi connectivity index (χ3v) is 1.95. The van der Waals surface area contributed by atoms with Gasteiger partial charge >= 0.3 is 0 Å². The van der Waals surface area contributed by atoms with Gasteiger partial charge in [-0.1, -0.05) is 20.8 Å². The molecule has 62 valence electrons. The summed E-state index contributed by atoms with van der Waals surface area (Å²) in [6, 6.07) is 0.778. The average Bonchev–Trinajstić information content (AvgIpc) is 1.81. The van der Waals surface area contributed by atoms with Crippen molar-refractivity contribution in [2.45, 2.75) is 39.7 Å². The van der Waals surface area contributed by atoms with Gasteiger partial charge in [0.15, 0.2) is 0 Å². The van der Waals surface area contributed by atoms with Crippen LogP contribution in [0.2, 0.25) is 0 Å². The first-order valence-corrected chi connectivity index (χ1v) is 4.24. The summed E-state index contributed by atoms with van der Waals surface area (Å²) >= 11 is 0. The average molecular weight is 143 g/mol. The summed E-state index contributed by atoms with van der Waals surface area (Å²) in [6.45, 7) is 6.82. The molecule has 0 aliphatic rings. The molecule has 0 amide bonds. The molecule has 0 aliphatic heterocycles. The molecule has 0 spiro atoms. The fourth-order valence-corrected chi connectivity index (χ4v) is 1.29. The van der Waals surface area contributed by atoms with Crippen LogP contribution in [-0.2, 0) is 0 Å². The Morgan fingerprint density at radius 1 is 1.20 bits per heavy atom. The zero-order valence-electron chi connectivity index (χ0n) is 8.02. The number of hydrogen-bond donors (Lipinski definition) is 0. The summed E-state index contributed by atoms with van der Waals surface area (Å²) in [5.74, 6) is 0.826.